The number of phenolic OH excluding ortho intramolecular Hbond substituents is 1. The number of hydrogen-bond acceptors (Lipinski definition) is 3. The zero-order chi connectivity index (χ0) is 22.0. The first kappa shape index (κ1) is 20.1. The molecule has 3 aromatic rings. The van der Waals surface area contributed by atoms with Crippen LogP contribution in [0.4, 0.5) is 4.39 Å². The van der Waals surface area contributed by atoms with Crippen LogP contribution in [0.25, 0.3) is 16.6 Å². The minimum Gasteiger partial charge on any atom is -0.507 e. The van der Waals surface area contributed by atoms with Gasteiger partial charge in [-0.15, -0.1) is 0 Å². The number of benzene rings is 2. The Morgan fingerprint density at radius 2 is 1.81 bits per heavy atom. The van der Waals surface area contributed by atoms with Gasteiger partial charge < -0.3 is 19.5 Å². The second-order valence-electron chi connectivity index (χ2n) is 9.49. The molecule has 1 aliphatic heterocycles. The lowest BCUT2D eigenvalue weighted by Gasteiger charge is -2.47. The summed E-state index contributed by atoms with van der Waals surface area (Å²) in [5.41, 5.74) is 2.65. The van der Waals surface area contributed by atoms with Gasteiger partial charge in [-0.1, -0.05) is 19.9 Å². The normalized spacial score (nSPS) is 24.9. The van der Waals surface area contributed by atoms with Gasteiger partial charge in [0.25, 0.3) is 0 Å². The Balaban J connectivity index is 1.81. The van der Waals surface area contributed by atoms with E-state index in [0.29, 0.717) is 32.3 Å². The van der Waals surface area contributed by atoms with Crippen molar-refractivity contribution in [2.75, 3.05) is 6.61 Å². The molecular formula is C25H26FNO4. The maximum atomic E-state index is 13.7. The molecule has 0 atom stereocenters. The first-order valence-electron chi connectivity index (χ1n) is 10.7. The molecule has 1 spiro atoms. The van der Waals surface area contributed by atoms with Crippen LogP contribution < -0.4 is 0 Å². The van der Waals surface area contributed by atoms with Gasteiger partial charge in [0.2, 0.25) is 0 Å². The van der Waals surface area contributed by atoms with Crippen molar-refractivity contribution in [3.63, 3.8) is 0 Å². The number of hydrogen-bond donors (Lipinski definition) is 2. The maximum absolute atomic E-state index is 13.7. The number of aromatic hydroxyl groups is 1. The lowest BCUT2D eigenvalue weighted by atomic mass is 9.69. The number of phenols is 1. The standard InChI is InChI=1S/C25H26FNO4/c1-24(2)14-31-25(12-10-15(11-13-25)23(29)30)21-20-18(4-3-5-19(20)28)27(22(21)24)17-8-6-16(26)7-9-17/h3-9,15,28H,10-14H2,1-2H3,(H,29,30). The van der Waals surface area contributed by atoms with Gasteiger partial charge in [0, 0.05) is 27.7 Å². The molecule has 162 valence electrons. The molecular weight excluding hydrogens is 397 g/mol. The number of aliphatic carboxylic acids is 1. The molecule has 0 bridgehead atoms. The lowest BCUT2D eigenvalue weighted by molar-refractivity contribution is -0.149. The van der Waals surface area contributed by atoms with E-state index >= 15 is 0 Å². The van der Waals surface area contributed by atoms with Crippen LogP contribution in [0.15, 0.2) is 42.5 Å². The third-order valence-corrected chi connectivity index (χ3v) is 7.01. The zero-order valence-electron chi connectivity index (χ0n) is 17.7. The largest absolute Gasteiger partial charge is 0.507 e. The molecule has 1 saturated carbocycles. The molecule has 2 heterocycles. The zero-order valence-corrected chi connectivity index (χ0v) is 17.7. The highest BCUT2D eigenvalue weighted by molar-refractivity contribution is 5.94. The summed E-state index contributed by atoms with van der Waals surface area (Å²) in [6.07, 6.45) is 2.24. The molecule has 2 N–H and O–H groups in total. The van der Waals surface area contributed by atoms with E-state index in [9.17, 15) is 19.4 Å². The molecule has 1 aromatic heterocycles. The van der Waals surface area contributed by atoms with Gasteiger partial charge in [-0.3, -0.25) is 4.79 Å². The number of halogens is 1. The molecule has 5 nitrogen and oxygen atoms in total. The van der Waals surface area contributed by atoms with Crippen molar-refractivity contribution in [3.05, 3.63) is 59.5 Å². The van der Waals surface area contributed by atoms with E-state index in [0.717, 1.165) is 27.8 Å². The Morgan fingerprint density at radius 3 is 2.45 bits per heavy atom. The van der Waals surface area contributed by atoms with E-state index in [2.05, 4.69) is 18.4 Å². The average molecular weight is 423 g/mol. The number of nitrogens with zero attached hydrogens (tertiary/aromatic N) is 1. The molecule has 0 radical (unpaired) electrons. The molecule has 6 heteroatoms. The smallest absolute Gasteiger partial charge is 0.306 e. The summed E-state index contributed by atoms with van der Waals surface area (Å²) in [5.74, 6) is -1.26. The predicted octanol–water partition coefficient (Wildman–Crippen LogP) is 5.25. The highest BCUT2D eigenvalue weighted by Gasteiger charge is 2.50. The summed E-state index contributed by atoms with van der Waals surface area (Å²) < 4.78 is 22.3. The Labute approximate surface area is 180 Å². The van der Waals surface area contributed by atoms with Gasteiger partial charge in [0.15, 0.2) is 0 Å². The summed E-state index contributed by atoms with van der Waals surface area (Å²) in [6.45, 7) is 4.70. The van der Waals surface area contributed by atoms with Gasteiger partial charge in [-0.05, 0) is 62.1 Å². The molecule has 2 aliphatic rings. The second kappa shape index (κ2) is 6.82. The number of rotatable bonds is 2. The summed E-state index contributed by atoms with van der Waals surface area (Å²) >= 11 is 0. The number of carboxylic acids is 1. The van der Waals surface area contributed by atoms with Crippen LogP contribution in [0.2, 0.25) is 0 Å². The van der Waals surface area contributed by atoms with Gasteiger partial charge in [0.05, 0.1) is 23.6 Å². The van der Waals surface area contributed by atoms with Crippen LogP contribution in [0.3, 0.4) is 0 Å². The number of aromatic nitrogens is 1. The average Bonchev–Trinajstić information content (AvgIpc) is 3.11. The summed E-state index contributed by atoms with van der Waals surface area (Å²) in [4.78, 5) is 11.5. The topological polar surface area (TPSA) is 71.7 Å². The molecule has 0 unspecified atom stereocenters. The summed E-state index contributed by atoms with van der Waals surface area (Å²) in [5, 5.41) is 21.2. The highest BCUT2D eigenvalue weighted by atomic mass is 19.1. The SMILES string of the molecule is CC1(C)COC2(CCC(C(=O)O)CC2)c2c1n(-c1ccc(F)cc1)c1cccc(O)c21. The minimum atomic E-state index is -0.761. The third-order valence-electron chi connectivity index (χ3n) is 7.01. The van der Waals surface area contributed by atoms with Crippen molar-refractivity contribution < 1.29 is 24.1 Å². The van der Waals surface area contributed by atoms with E-state index in [1.54, 1.807) is 18.2 Å². The summed E-state index contributed by atoms with van der Waals surface area (Å²) in [6, 6.07) is 11.8. The fraction of sp³-hybridized carbons (Fsp3) is 0.400. The van der Waals surface area contributed by atoms with Crippen LogP contribution in [-0.2, 0) is 20.5 Å². The highest BCUT2D eigenvalue weighted by Crippen LogP contribution is 2.55. The summed E-state index contributed by atoms with van der Waals surface area (Å²) in [7, 11) is 0. The Kier molecular flexibility index (Phi) is 4.42. The number of carboxylic acid groups (broad SMARTS) is 1. The Bertz CT molecular complexity index is 1170. The van der Waals surface area contributed by atoms with Gasteiger partial charge in [-0.25, -0.2) is 4.39 Å². The molecule has 1 aliphatic carbocycles. The number of fused-ring (bicyclic) bond motifs is 4. The van der Waals surface area contributed by atoms with E-state index in [1.807, 2.05) is 12.1 Å². The number of ether oxygens (including phenoxy) is 1. The molecule has 2 aromatic carbocycles. The van der Waals surface area contributed by atoms with Crippen molar-refractivity contribution in [3.8, 4) is 11.4 Å². The van der Waals surface area contributed by atoms with Crippen molar-refractivity contribution >= 4 is 16.9 Å². The molecule has 0 amide bonds. The van der Waals surface area contributed by atoms with Crippen LogP contribution in [0.5, 0.6) is 5.75 Å². The van der Waals surface area contributed by atoms with Crippen LogP contribution in [0, 0.1) is 11.7 Å². The first-order valence-corrected chi connectivity index (χ1v) is 10.7. The third kappa shape index (κ3) is 2.96. The van der Waals surface area contributed by atoms with Crippen molar-refractivity contribution in [1.29, 1.82) is 0 Å². The van der Waals surface area contributed by atoms with E-state index in [-0.39, 0.29) is 22.9 Å². The number of carbonyl (C=O) groups is 1. The minimum absolute atomic E-state index is 0.177. The Hall–Kier alpha value is -2.86. The Morgan fingerprint density at radius 1 is 1.13 bits per heavy atom. The van der Waals surface area contributed by atoms with Crippen LogP contribution in [0.1, 0.15) is 50.8 Å². The van der Waals surface area contributed by atoms with Crippen molar-refractivity contribution in [2.45, 2.75) is 50.5 Å². The monoisotopic (exact) mass is 423 g/mol. The van der Waals surface area contributed by atoms with E-state index < -0.39 is 11.6 Å². The fourth-order valence-corrected chi connectivity index (χ4v) is 5.45. The second-order valence-corrected chi connectivity index (χ2v) is 9.49. The first-order chi connectivity index (χ1) is 14.7. The van der Waals surface area contributed by atoms with Gasteiger partial charge in [0.1, 0.15) is 11.6 Å². The molecule has 31 heavy (non-hydrogen) atoms. The quantitative estimate of drug-likeness (QED) is 0.590. The van der Waals surface area contributed by atoms with Crippen molar-refractivity contribution in [1.82, 2.24) is 4.57 Å². The van der Waals surface area contributed by atoms with Crippen molar-refractivity contribution in [2.24, 2.45) is 5.92 Å². The van der Waals surface area contributed by atoms with Gasteiger partial charge in [-0.2, -0.15) is 0 Å². The molecule has 5 rings (SSSR count). The van der Waals surface area contributed by atoms with E-state index in [4.69, 9.17) is 4.74 Å². The lowest BCUT2D eigenvalue weighted by Crippen LogP contribution is -2.46. The van der Waals surface area contributed by atoms with Gasteiger partial charge >= 0.3 is 5.97 Å². The van der Waals surface area contributed by atoms with E-state index in [1.165, 1.54) is 12.1 Å². The van der Waals surface area contributed by atoms with Crippen LogP contribution in [-0.4, -0.2) is 27.4 Å². The predicted molar refractivity (Wildman–Crippen MR) is 115 cm³/mol. The maximum Gasteiger partial charge on any atom is 0.306 e. The van der Waals surface area contributed by atoms with Crippen LogP contribution >= 0.6 is 0 Å². The molecule has 0 saturated heterocycles. The fourth-order valence-electron chi connectivity index (χ4n) is 5.45. The molecule has 1 fully saturated rings.